The number of halogens is 1. The Labute approximate surface area is 166 Å². The summed E-state index contributed by atoms with van der Waals surface area (Å²) in [5.41, 5.74) is 1.57. The number of ether oxygens (including phenoxy) is 1. The molecule has 2 fully saturated rings. The third-order valence-corrected chi connectivity index (χ3v) is 5.47. The zero-order valence-electron chi connectivity index (χ0n) is 14.9. The van der Waals surface area contributed by atoms with Crippen molar-refractivity contribution in [1.82, 2.24) is 9.80 Å². The molecule has 140 valence electrons. The number of rotatable bonds is 3. The second-order valence-electron chi connectivity index (χ2n) is 6.44. The van der Waals surface area contributed by atoms with Crippen molar-refractivity contribution in [3.63, 3.8) is 0 Å². The van der Waals surface area contributed by atoms with E-state index in [1.54, 1.807) is 11.8 Å². The van der Waals surface area contributed by atoms with E-state index in [0.717, 1.165) is 9.13 Å². The monoisotopic (exact) mass is 471 g/mol. The van der Waals surface area contributed by atoms with Crippen LogP contribution in [0.25, 0.3) is 0 Å². The highest BCUT2D eigenvalue weighted by molar-refractivity contribution is 14.1. The van der Waals surface area contributed by atoms with Crippen molar-refractivity contribution in [3.8, 4) is 0 Å². The number of benzene rings is 1. The van der Waals surface area contributed by atoms with Crippen LogP contribution >= 0.6 is 22.6 Å². The lowest BCUT2D eigenvalue weighted by atomic mass is 10.1. The summed E-state index contributed by atoms with van der Waals surface area (Å²) in [7, 11) is 0. The molecule has 0 radical (unpaired) electrons. The van der Waals surface area contributed by atoms with E-state index in [9.17, 15) is 14.4 Å². The number of carbonyl (C=O) groups excluding carboxylic acids is 3. The molecule has 3 amide bonds. The van der Waals surface area contributed by atoms with Gasteiger partial charge in [-0.25, -0.2) is 9.69 Å². The van der Waals surface area contributed by atoms with Crippen molar-refractivity contribution in [2.75, 3.05) is 37.7 Å². The Morgan fingerprint density at radius 2 is 1.92 bits per heavy atom. The van der Waals surface area contributed by atoms with Crippen molar-refractivity contribution >= 4 is 46.2 Å². The van der Waals surface area contributed by atoms with Gasteiger partial charge in [-0.15, -0.1) is 0 Å². The molecule has 0 N–H and O–H groups in total. The minimum absolute atomic E-state index is 0.169. The molecule has 2 heterocycles. The van der Waals surface area contributed by atoms with Crippen LogP contribution in [-0.2, 0) is 14.3 Å². The normalized spacial score (nSPS) is 21.4. The van der Waals surface area contributed by atoms with Gasteiger partial charge in [0.05, 0.1) is 24.8 Å². The lowest BCUT2D eigenvalue weighted by molar-refractivity contribution is -0.123. The van der Waals surface area contributed by atoms with Crippen molar-refractivity contribution in [1.29, 1.82) is 0 Å². The highest BCUT2D eigenvalue weighted by Crippen LogP contribution is 2.29. The van der Waals surface area contributed by atoms with Crippen molar-refractivity contribution < 1.29 is 19.1 Å². The van der Waals surface area contributed by atoms with Crippen LogP contribution in [0.2, 0.25) is 0 Å². The van der Waals surface area contributed by atoms with Crippen LogP contribution in [-0.4, -0.2) is 66.5 Å². The van der Waals surface area contributed by atoms with Crippen molar-refractivity contribution in [2.45, 2.75) is 26.3 Å². The molecule has 8 heteroatoms. The summed E-state index contributed by atoms with van der Waals surface area (Å²) in [6.07, 6.45) is -0.138. The van der Waals surface area contributed by atoms with Crippen LogP contribution in [0.4, 0.5) is 10.5 Å². The van der Waals surface area contributed by atoms with Gasteiger partial charge in [0.2, 0.25) is 5.91 Å². The number of imide groups is 1. The number of carbonyl (C=O) groups is 3. The first-order chi connectivity index (χ1) is 12.4. The third kappa shape index (κ3) is 3.71. The zero-order chi connectivity index (χ0) is 18.8. The molecular weight excluding hydrogens is 449 g/mol. The fourth-order valence-corrected chi connectivity index (χ4v) is 4.10. The SMILES string of the molecule is CCOC(=O)N1CCN([C@H]2CC(=O)N(c3ccc(I)cc3C)C2=O)CC1. The first-order valence-electron chi connectivity index (χ1n) is 8.71. The van der Waals surface area contributed by atoms with E-state index in [1.165, 1.54) is 4.90 Å². The van der Waals surface area contributed by atoms with Crippen LogP contribution in [0, 0.1) is 10.5 Å². The minimum atomic E-state index is -0.453. The fraction of sp³-hybridized carbons (Fsp3) is 0.500. The maximum absolute atomic E-state index is 12.9. The first kappa shape index (κ1) is 19.1. The van der Waals surface area contributed by atoms with Crippen LogP contribution in [0.1, 0.15) is 18.9 Å². The maximum atomic E-state index is 12.9. The van der Waals surface area contributed by atoms with Crippen LogP contribution in [0.15, 0.2) is 18.2 Å². The number of anilines is 1. The van der Waals surface area contributed by atoms with Gasteiger partial charge in [-0.05, 0) is 60.2 Å². The van der Waals surface area contributed by atoms with Gasteiger partial charge in [0, 0.05) is 29.7 Å². The standard InChI is InChI=1S/C18H22IN3O4/c1-3-26-18(25)21-8-6-20(7-9-21)15-11-16(23)22(17(15)24)14-5-4-13(19)10-12(14)2/h4-5,10,15H,3,6-9,11H2,1-2H3/t15-/m0/s1. The second-order valence-corrected chi connectivity index (χ2v) is 7.69. The predicted octanol–water partition coefficient (Wildman–Crippen LogP) is 2.01. The van der Waals surface area contributed by atoms with E-state index in [2.05, 4.69) is 22.6 Å². The van der Waals surface area contributed by atoms with Crippen molar-refractivity contribution in [2.24, 2.45) is 0 Å². The smallest absolute Gasteiger partial charge is 0.409 e. The lowest BCUT2D eigenvalue weighted by Crippen LogP contribution is -2.54. The van der Waals surface area contributed by atoms with Gasteiger partial charge in [0.1, 0.15) is 0 Å². The summed E-state index contributed by atoms with van der Waals surface area (Å²) < 4.78 is 6.08. The number of amides is 3. The molecule has 1 atom stereocenters. The summed E-state index contributed by atoms with van der Waals surface area (Å²) in [5, 5.41) is 0. The zero-order valence-corrected chi connectivity index (χ0v) is 17.1. The Bertz CT molecular complexity index is 731. The summed E-state index contributed by atoms with van der Waals surface area (Å²) >= 11 is 2.21. The number of hydrogen-bond acceptors (Lipinski definition) is 5. The van der Waals surface area contributed by atoms with Gasteiger partial charge in [-0.2, -0.15) is 0 Å². The Morgan fingerprint density at radius 1 is 1.23 bits per heavy atom. The van der Waals surface area contributed by atoms with E-state index in [1.807, 2.05) is 30.0 Å². The second kappa shape index (κ2) is 7.91. The fourth-order valence-electron chi connectivity index (χ4n) is 3.45. The number of nitrogens with zero attached hydrogens (tertiary/aromatic N) is 3. The largest absolute Gasteiger partial charge is 0.450 e. The molecule has 2 saturated heterocycles. The summed E-state index contributed by atoms with van der Waals surface area (Å²) in [5.74, 6) is -0.346. The van der Waals surface area contributed by atoms with E-state index >= 15 is 0 Å². The van der Waals surface area contributed by atoms with Gasteiger partial charge >= 0.3 is 6.09 Å². The van der Waals surface area contributed by atoms with E-state index in [0.29, 0.717) is 38.5 Å². The summed E-state index contributed by atoms with van der Waals surface area (Å²) in [6.45, 7) is 6.14. The molecule has 3 rings (SSSR count). The molecule has 0 aliphatic carbocycles. The number of aryl methyl sites for hydroxylation is 1. The van der Waals surface area contributed by atoms with E-state index < -0.39 is 6.04 Å². The van der Waals surface area contributed by atoms with Gasteiger partial charge in [-0.1, -0.05) is 0 Å². The molecule has 0 aromatic heterocycles. The molecule has 1 aromatic carbocycles. The van der Waals surface area contributed by atoms with Crippen molar-refractivity contribution in [3.05, 3.63) is 27.3 Å². The van der Waals surface area contributed by atoms with Gasteiger partial charge in [-0.3, -0.25) is 14.5 Å². The molecule has 26 heavy (non-hydrogen) atoms. The quantitative estimate of drug-likeness (QED) is 0.499. The molecule has 0 spiro atoms. The molecule has 2 aliphatic rings. The van der Waals surface area contributed by atoms with Gasteiger partial charge < -0.3 is 9.64 Å². The Morgan fingerprint density at radius 3 is 2.54 bits per heavy atom. The summed E-state index contributed by atoms with van der Waals surface area (Å²) in [6, 6.07) is 5.23. The van der Waals surface area contributed by atoms with E-state index in [-0.39, 0.29) is 24.3 Å². The number of hydrogen-bond donors (Lipinski definition) is 0. The van der Waals surface area contributed by atoms with Gasteiger partial charge in [0.25, 0.3) is 5.91 Å². The van der Waals surface area contributed by atoms with Gasteiger partial charge in [0.15, 0.2) is 0 Å². The molecule has 1 aromatic rings. The van der Waals surface area contributed by atoms with Crippen LogP contribution < -0.4 is 4.90 Å². The minimum Gasteiger partial charge on any atom is -0.450 e. The molecule has 0 saturated carbocycles. The average molecular weight is 471 g/mol. The molecule has 0 unspecified atom stereocenters. The topological polar surface area (TPSA) is 70.2 Å². The predicted molar refractivity (Wildman–Crippen MR) is 105 cm³/mol. The van der Waals surface area contributed by atoms with Crippen LogP contribution in [0.3, 0.4) is 0 Å². The van der Waals surface area contributed by atoms with E-state index in [4.69, 9.17) is 4.74 Å². The highest BCUT2D eigenvalue weighted by Gasteiger charge is 2.44. The third-order valence-electron chi connectivity index (χ3n) is 4.80. The Balaban J connectivity index is 1.69. The molecule has 2 aliphatic heterocycles. The molecular formula is C18H22IN3O4. The number of piperazine rings is 1. The average Bonchev–Trinajstić information content (AvgIpc) is 2.90. The molecule has 7 nitrogen and oxygen atoms in total. The summed E-state index contributed by atoms with van der Waals surface area (Å²) in [4.78, 5) is 42.2. The first-order valence-corrected chi connectivity index (χ1v) is 9.79. The Hall–Kier alpha value is -1.68. The lowest BCUT2D eigenvalue weighted by Gasteiger charge is -2.36. The van der Waals surface area contributed by atoms with Crippen LogP contribution in [0.5, 0.6) is 0 Å². The maximum Gasteiger partial charge on any atom is 0.409 e. The highest BCUT2D eigenvalue weighted by atomic mass is 127. The molecule has 0 bridgehead atoms. The Kier molecular flexibility index (Phi) is 5.81.